The Morgan fingerprint density at radius 2 is 2.05 bits per heavy atom. The molecule has 5 nitrogen and oxygen atoms in total. The van der Waals surface area contributed by atoms with Gasteiger partial charge in [0.25, 0.3) is 0 Å². The number of carbonyl (C=O) groups excluding carboxylic acids is 1. The van der Waals surface area contributed by atoms with Gasteiger partial charge in [-0.25, -0.2) is 0 Å². The number of piperidine rings is 1. The summed E-state index contributed by atoms with van der Waals surface area (Å²) < 4.78 is 0. The predicted octanol–water partition coefficient (Wildman–Crippen LogP) is 1.46. The summed E-state index contributed by atoms with van der Waals surface area (Å²) in [4.78, 5) is 25.4. The van der Waals surface area contributed by atoms with Crippen LogP contribution in [0.5, 0.6) is 0 Å². The molecular weight excluding hydrogens is 244 g/mol. The molecule has 1 aliphatic rings. The molecule has 1 heterocycles. The molecule has 1 fully saturated rings. The van der Waals surface area contributed by atoms with Gasteiger partial charge in [-0.1, -0.05) is 27.2 Å². The maximum atomic E-state index is 12.3. The second-order valence-electron chi connectivity index (χ2n) is 5.71. The quantitative estimate of drug-likeness (QED) is 0.792. The molecule has 3 atom stereocenters. The van der Waals surface area contributed by atoms with E-state index in [-0.39, 0.29) is 11.8 Å². The molecule has 0 aromatic rings. The third-order valence-electron chi connectivity index (χ3n) is 4.56. The molecule has 19 heavy (non-hydrogen) atoms. The van der Waals surface area contributed by atoms with E-state index in [1.807, 2.05) is 20.8 Å². The highest BCUT2D eigenvalue weighted by Gasteiger charge is 2.43. The van der Waals surface area contributed by atoms with Crippen molar-refractivity contribution in [2.45, 2.75) is 52.5 Å². The van der Waals surface area contributed by atoms with E-state index < -0.39 is 17.4 Å². The minimum absolute atomic E-state index is 0.104. The van der Waals surface area contributed by atoms with Gasteiger partial charge >= 0.3 is 5.97 Å². The first-order valence-corrected chi connectivity index (χ1v) is 7.15. The molecule has 1 saturated heterocycles. The van der Waals surface area contributed by atoms with Gasteiger partial charge < -0.3 is 15.7 Å². The monoisotopic (exact) mass is 270 g/mol. The van der Waals surface area contributed by atoms with Gasteiger partial charge in [0, 0.05) is 13.1 Å². The van der Waals surface area contributed by atoms with Gasteiger partial charge in [-0.2, -0.15) is 0 Å². The maximum absolute atomic E-state index is 12.3. The van der Waals surface area contributed by atoms with Crippen LogP contribution >= 0.6 is 0 Å². The molecule has 0 aromatic carbocycles. The fourth-order valence-electron chi connectivity index (χ4n) is 2.64. The highest BCUT2D eigenvalue weighted by atomic mass is 16.4. The summed E-state index contributed by atoms with van der Waals surface area (Å²) in [5, 5.41) is 9.41. The van der Waals surface area contributed by atoms with E-state index >= 15 is 0 Å². The van der Waals surface area contributed by atoms with Gasteiger partial charge in [0.1, 0.15) is 0 Å². The number of carboxylic acids is 1. The Balaban J connectivity index is 2.79. The van der Waals surface area contributed by atoms with Crippen LogP contribution in [0.4, 0.5) is 0 Å². The Morgan fingerprint density at radius 1 is 1.42 bits per heavy atom. The summed E-state index contributed by atoms with van der Waals surface area (Å²) in [5.74, 6) is -0.784. The Hall–Kier alpha value is -1.10. The first-order valence-electron chi connectivity index (χ1n) is 7.15. The minimum Gasteiger partial charge on any atom is -0.481 e. The van der Waals surface area contributed by atoms with Crippen molar-refractivity contribution in [1.82, 2.24) is 4.90 Å². The van der Waals surface area contributed by atoms with Crippen LogP contribution in [-0.2, 0) is 9.59 Å². The number of amides is 1. The third-order valence-corrected chi connectivity index (χ3v) is 4.56. The fraction of sp³-hybridized carbons (Fsp3) is 0.857. The summed E-state index contributed by atoms with van der Waals surface area (Å²) in [6, 6.07) is -0.522. The van der Waals surface area contributed by atoms with Crippen molar-refractivity contribution in [2.75, 3.05) is 13.1 Å². The topological polar surface area (TPSA) is 83.6 Å². The molecule has 0 aliphatic carbocycles. The van der Waals surface area contributed by atoms with Crippen molar-refractivity contribution in [3.05, 3.63) is 0 Å². The average Bonchev–Trinajstić information content (AvgIpc) is 2.44. The van der Waals surface area contributed by atoms with Gasteiger partial charge in [-0.3, -0.25) is 9.59 Å². The van der Waals surface area contributed by atoms with Crippen LogP contribution in [0, 0.1) is 11.3 Å². The number of carbonyl (C=O) groups is 2. The van der Waals surface area contributed by atoms with E-state index in [0.29, 0.717) is 25.9 Å². The van der Waals surface area contributed by atoms with Crippen LogP contribution < -0.4 is 5.73 Å². The van der Waals surface area contributed by atoms with E-state index in [1.54, 1.807) is 4.90 Å². The number of carboxylic acid groups (broad SMARTS) is 1. The molecule has 110 valence electrons. The number of hydrogen-bond acceptors (Lipinski definition) is 3. The van der Waals surface area contributed by atoms with Crippen LogP contribution in [-0.4, -0.2) is 41.0 Å². The van der Waals surface area contributed by atoms with Crippen molar-refractivity contribution in [2.24, 2.45) is 17.1 Å². The van der Waals surface area contributed by atoms with Crippen molar-refractivity contribution in [1.29, 1.82) is 0 Å². The molecule has 0 saturated carbocycles. The average molecular weight is 270 g/mol. The van der Waals surface area contributed by atoms with Gasteiger partial charge in [0.2, 0.25) is 5.91 Å². The zero-order chi connectivity index (χ0) is 14.6. The maximum Gasteiger partial charge on any atom is 0.311 e. The molecule has 0 aromatic heterocycles. The van der Waals surface area contributed by atoms with E-state index in [9.17, 15) is 14.7 Å². The molecular formula is C14H26N2O3. The Labute approximate surface area is 115 Å². The number of nitrogens with two attached hydrogens (primary N) is 1. The SMILES string of the molecule is CCC(C)C(N)C(=O)N1CCCC(CC)(C(=O)O)C1. The molecule has 0 bridgehead atoms. The van der Waals surface area contributed by atoms with Crippen LogP contribution in [0.25, 0.3) is 0 Å². The summed E-state index contributed by atoms with van der Waals surface area (Å²) in [6.45, 7) is 6.74. The first kappa shape index (κ1) is 16.0. The fourth-order valence-corrected chi connectivity index (χ4v) is 2.64. The predicted molar refractivity (Wildman–Crippen MR) is 73.6 cm³/mol. The van der Waals surface area contributed by atoms with E-state index in [1.165, 1.54) is 0 Å². The van der Waals surface area contributed by atoms with Crippen molar-refractivity contribution in [3.8, 4) is 0 Å². The van der Waals surface area contributed by atoms with Crippen LogP contribution in [0.3, 0.4) is 0 Å². The standard InChI is InChI=1S/C14H26N2O3/c1-4-10(3)11(15)12(17)16-8-6-7-14(5-2,9-16)13(18)19/h10-11H,4-9,15H2,1-3H3,(H,18,19). The first-order chi connectivity index (χ1) is 8.88. The van der Waals surface area contributed by atoms with Crippen molar-refractivity contribution in [3.63, 3.8) is 0 Å². The minimum atomic E-state index is -0.801. The molecule has 1 aliphatic heterocycles. The van der Waals surface area contributed by atoms with E-state index in [2.05, 4.69) is 0 Å². The van der Waals surface area contributed by atoms with Crippen molar-refractivity contribution >= 4 is 11.9 Å². The van der Waals surface area contributed by atoms with Crippen LogP contribution in [0.2, 0.25) is 0 Å². The lowest BCUT2D eigenvalue weighted by atomic mass is 9.77. The zero-order valence-electron chi connectivity index (χ0n) is 12.2. The van der Waals surface area contributed by atoms with Gasteiger partial charge in [0.05, 0.1) is 11.5 Å². The molecule has 0 radical (unpaired) electrons. The summed E-state index contributed by atoms with van der Waals surface area (Å²) >= 11 is 0. The second kappa shape index (κ2) is 6.37. The number of nitrogens with zero attached hydrogens (tertiary/aromatic N) is 1. The third kappa shape index (κ3) is 3.26. The number of likely N-dealkylation sites (tertiary alicyclic amines) is 1. The smallest absolute Gasteiger partial charge is 0.311 e. The number of rotatable bonds is 5. The lowest BCUT2D eigenvalue weighted by Crippen LogP contribution is -2.55. The summed E-state index contributed by atoms with van der Waals surface area (Å²) in [7, 11) is 0. The Morgan fingerprint density at radius 3 is 2.53 bits per heavy atom. The Bertz CT molecular complexity index is 346. The van der Waals surface area contributed by atoms with Crippen LogP contribution in [0.1, 0.15) is 46.5 Å². The lowest BCUT2D eigenvalue weighted by Gasteiger charge is -2.40. The van der Waals surface area contributed by atoms with Gasteiger partial charge in [-0.15, -0.1) is 0 Å². The summed E-state index contributed by atoms with van der Waals surface area (Å²) in [5.41, 5.74) is 5.18. The molecule has 3 unspecified atom stereocenters. The molecule has 5 heteroatoms. The molecule has 1 amide bonds. The number of hydrogen-bond donors (Lipinski definition) is 2. The summed E-state index contributed by atoms with van der Waals surface area (Å²) in [6.07, 6.45) is 2.77. The molecule has 1 rings (SSSR count). The highest BCUT2D eigenvalue weighted by Crippen LogP contribution is 2.34. The Kier molecular flexibility index (Phi) is 5.35. The highest BCUT2D eigenvalue weighted by molar-refractivity contribution is 5.83. The number of aliphatic carboxylic acids is 1. The molecule has 0 spiro atoms. The van der Waals surface area contributed by atoms with Crippen molar-refractivity contribution < 1.29 is 14.7 Å². The van der Waals surface area contributed by atoms with E-state index in [4.69, 9.17) is 5.73 Å². The second-order valence-corrected chi connectivity index (χ2v) is 5.71. The van der Waals surface area contributed by atoms with Gasteiger partial charge in [-0.05, 0) is 25.2 Å². The van der Waals surface area contributed by atoms with Crippen LogP contribution in [0.15, 0.2) is 0 Å². The lowest BCUT2D eigenvalue weighted by molar-refractivity contribution is -0.155. The van der Waals surface area contributed by atoms with E-state index in [0.717, 1.165) is 12.8 Å². The van der Waals surface area contributed by atoms with Gasteiger partial charge in [0.15, 0.2) is 0 Å². The molecule has 3 N–H and O–H groups in total. The zero-order valence-corrected chi connectivity index (χ0v) is 12.2. The normalized spacial score (nSPS) is 26.8. The largest absolute Gasteiger partial charge is 0.481 e.